The average molecular weight is 325 g/mol. The van der Waals surface area contributed by atoms with Crippen molar-refractivity contribution in [1.82, 2.24) is 5.32 Å². The second-order valence-corrected chi connectivity index (χ2v) is 6.27. The third-order valence-electron chi connectivity index (χ3n) is 4.48. The van der Waals surface area contributed by atoms with Gasteiger partial charge < -0.3 is 10.4 Å². The fourth-order valence-corrected chi connectivity index (χ4v) is 3.15. The highest BCUT2D eigenvalue weighted by atomic mass is 19.1. The van der Waals surface area contributed by atoms with Crippen molar-refractivity contribution in [2.24, 2.45) is 0 Å². The highest BCUT2D eigenvalue weighted by Crippen LogP contribution is 2.29. The Morgan fingerprint density at radius 1 is 1.26 bits per heavy atom. The molecule has 0 bridgehead atoms. The molecule has 1 saturated carbocycles. The zero-order chi connectivity index (χ0) is 17.0. The van der Waals surface area contributed by atoms with Gasteiger partial charge in [0.15, 0.2) is 0 Å². The van der Waals surface area contributed by atoms with Gasteiger partial charge in [0.25, 0.3) is 0 Å². The first-order chi connectivity index (χ1) is 10.8. The molecule has 1 aromatic rings. The first-order valence-corrected chi connectivity index (χ1v) is 7.83. The van der Waals surface area contributed by atoms with Crippen molar-refractivity contribution in [1.29, 1.82) is 0 Å². The van der Waals surface area contributed by atoms with E-state index in [1.54, 1.807) is 6.92 Å². The number of halogens is 2. The summed E-state index contributed by atoms with van der Waals surface area (Å²) < 4.78 is 26.7. The number of aliphatic carboxylic acids is 1. The number of carboxylic acid groups (broad SMARTS) is 1. The van der Waals surface area contributed by atoms with Crippen LogP contribution >= 0.6 is 0 Å². The van der Waals surface area contributed by atoms with Crippen LogP contribution in [0.15, 0.2) is 18.2 Å². The van der Waals surface area contributed by atoms with Gasteiger partial charge in [0.05, 0.1) is 0 Å². The summed E-state index contributed by atoms with van der Waals surface area (Å²) in [6.07, 6.45) is 3.25. The smallest absolute Gasteiger partial charge is 0.329 e. The van der Waals surface area contributed by atoms with E-state index >= 15 is 0 Å². The summed E-state index contributed by atoms with van der Waals surface area (Å²) in [6, 6.07) is 3.24. The molecule has 0 heterocycles. The lowest BCUT2D eigenvalue weighted by atomic mass is 9.81. The van der Waals surface area contributed by atoms with Crippen LogP contribution in [0.3, 0.4) is 0 Å². The Kier molecular flexibility index (Phi) is 5.34. The van der Waals surface area contributed by atoms with Gasteiger partial charge in [-0.2, -0.15) is 0 Å². The summed E-state index contributed by atoms with van der Waals surface area (Å²) in [5, 5.41) is 12.1. The van der Waals surface area contributed by atoms with Crippen molar-refractivity contribution in [3.05, 3.63) is 35.4 Å². The number of carbonyl (C=O) groups excluding carboxylic acids is 1. The van der Waals surface area contributed by atoms with Crippen molar-refractivity contribution in [3.8, 4) is 0 Å². The maximum absolute atomic E-state index is 13.7. The monoisotopic (exact) mass is 325 g/mol. The fourth-order valence-electron chi connectivity index (χ4n) is 3.15. The molecule has 6 heteroatoms. The van der Waals surface area contributed by atoms with Crippen molar-refractivity contribution in [3.63, 3.8) is 0 Å². The second kappa shape index (κ2) is 7.06. The highest BCUT2D eigenvalue weighted by Gasteiger charge is 2.41. The second-order valence-electron chi connectivity index (χ2n) is 6.27. The molecule has 0 saturated heterocycles. The predicted octanol–water partition coefficient (Wildman–Crippen LogP) is 3.36. The molecule has 1 fully saturated rings. The van der Waals surface area contributed by atoms with Gasteiger partial charge in [0.2, 0.25) is 5.91 Å². The third-order valence-corrected chi connectivity index (χ3v) is 4.48. The van der Waals surface area contributed by atoms with E-state index in [9.17, 15) is 23.5 Å². The van der Waals surface area contributed by atoms with Crippen molar-refractivity contribution < 1.29 is 23.5 Å². The number of amides is 1. The van der Waals surface area contributed by atoms with E-state index in [0.29, 0.717) is 12.8 Å². The Labute approximate surface area is 133 Å². The topological polar surface area (TPSA) is 66.4 Å². The molecule has 2 N–H and O–H groups in total. The Balaban J connectivity index is 2.04. The van der Waals surface area contributed by atoms with Crippen LogP contribution in [0, 0.1) is 11.6 Å². The molecule has 1 atom stereocenters. The zero-order valence-electron chi connectivity index (χ0n) is 13.1. The third kappa shape index (κ3) is 4.06. The first kappa shape index (κ1) is 17.4. The molecular weight excluding hydrogens is 304 g/mol. The molecule has 0 radical (unpaired) electrons. The highest BCUT2D eigenvalue weighted by molar-refractivity contribution is 5.87. The van der Waals surface area contributed by atoms with Crippen LogP contribution in [0.5, 0.6) is 0 Å². The minimum absolute atomic E-state index is 0.0441. The van der Waals surface area contributed by atoms with Gasteiger partial charge in [0, 0.05) is 12.5 Å². The number of rotatable bonds is 5. The normalized spacial score (nSPS) is 18.2. The summed E-state index contributed by atoms with van der Waals surface area (Å²) in [5.74, 6) is -3.28. The van der Waals surface area contributed by atoms with Gasteiger partial charge in [0.1, 0.15) is 17.2 Å². The molecule has 0 aliphatic heterocycles. The van der Waals surface area contributed by atoms with Crippen LogP contribution in [0.4, 0.5) is 8.78 Å². The minimum Gasteiger partial charge on any atom is -0.480 e. The van der Waals surface area contributed by atoms with Crippen LogP contribution in [0.25, 0.3) is 0 Å². The number of nitrogens with one attached hydrogen (secondary N) is 1. The number of hydrogen-bond acceptors (Lipinski definition) is 2. The summed E-state index contributed by atoms with van der Waals surface area (Å²) >= 11 is 0. The molecule has 126 valence electrons. The lowest BCUT2D eigenvalue weighted by Gasteiger charge is -2.34. The van der Waals surface area contributed by atoms with Crippen LogP contribution in [-0.2, 0) is 9.59 Å². The summed E-state index contributed by atoms with van der Waals surface area (Å²) in [6.45, 7) is 1.66. The molecule has 4 nitrogen and oxygen atoms in total. The van der Waals surface area contributed by atoms with E-state index in [4.69, 9.17) is 0 Å². The molecule has 1 aliphatic carbocycles. The van der Waals surface area contributed by atoms with Crippen LogP contribution < -0.4 is 5.32 Å². The van der Waals surface area contributed by atoms with Crippen molar-refractivity contribution >= 4 is 11.9 Å². The Hall–Kier alpha value is -1.98. The zero-order valence-corrected chi connectivity index (χ0v) is 13.1. The molecular formula is C17H21F2NO3. The van der Waals surface area contributed by atoms with E-state index < -0.39 is 35.0 Å². The van der Waals surface area contributed by atoms with E-state index in [0.717, 1.165) is 31.4 Å². The number of hydrogen-bond donors (Lipinski definition) is 2. The average Bonchev–Trinajstić information content (AvgIpc) is 2.47. The van der Waals surface area contributed by atoms with E-state index in [2.05, 4.69) is 5.32 Å². The molecule has 0 spiro atoms. The largest absolute Gasteiger partial charge is 0.480 e. The Morgan fingerprint density at radius 3 is 2.48 bits per heavy atom. The van der Waals surface area contributed by atoms with Gasteiger partial charge in [-0.15, -0.1) is 0 Å². The Morgan fingerprint density at radius 2 is 1.91 bits per heavy atom. The lowest BCUT2D eigenvalue weighted by molar-refractivity contribution is -0.149. The van der Waals surface area contributed by atoms with Gasteiger partial charge in [-0.25, -0.2) is 13.6 Å². The van der Waals surface area contributed by atoms with E-state index in [1.165, 1.54) is 6.07 Å². The van der Waals surface area contributed by atoms with E-state index in [1.807, 2.05) is 0 Å². The predicted molar refractivity (Wildman–Crippen MR) is 81.0 cm³/mol. The molecule has 1 aromatic carbocycles. The van der Waals surface area contributed by atoms with Crippen molar-refractivity contribution in [2.75, 3.05) is 0 Å². The van der Waals surface area contributed by atoms with Crippen molar-refractivity contribution in [2.45, 2.75) is 56.9 Å². The van der Waals surface area contributed by atoms with E-state index in [-0.39, 0.29) is 12.0 Å². The number of carbonyl (C=O) groups is 2. The SMILES string of the molecule is CC(CC(=O)NC1(C(=O)O)CCCCC1)c1ccc(F)cc1F. The maximum Gasteiger partial charge on any atom is 0.329 e. The summed E-state index contributed by atoms with van der Waals surface area (Å²) in [7, 11) is 0. The van der Waals surface area contributed by atoms with Crippen LogP contribution in [0.2, 0.25) is 0 Å². The summed E-state index contributed by atoms with van der Waals surface area (Å²) in [5.41, 5.74) is -0.967. The fraction of sp³-hybridized carbons (Fsp3) is 0.529. The van der Waals surface area contributed by atoms with Gasteiger partial charge >= 0.3 is 5.97 Å². The van der Waals surface area contributed by atoms with Gasteiger partial charge in [-0.1, -0.05) is 32.3 Å². The minimum atomic E-state index is -1.21. The molecule has 23 heavy (non-hydrogen) atoms. The quantitative estimate of drug-likeness (QED) is 0.872. The van der Waals surface area contributed by atoms with Gasteiger partial charge in [-0.05, 0) is 30.4 Å². The first-order valence-electron chi connectivity index (χ1n) is 7.83. The molecule has 1 amide bonds. The molecule has 1 aliphatic rings. The van der Waals surface area contributed by atoms with Crippen LogP contribution in [0.1, 0.15) is 56.9 Å². The number of carboxylic acids is 1. The standard InChI is InChI=1S/C17H21F2NO3/c1-11(13-6-5-12(18)10-14(13)19)9-15(21)20-17(16(22)23)7-3-2-4-8-17/h5-6,10-11H,2-4,7-9H2,1H3,(H,20,21)(H,22,23). The molecule has 1 unspecified atom stereocenters. The van der Waals surface area contributed by atoms with Crippen LogP contribution in [-0.4, -0.2) is 22.5 Å². The maximum atomic E-state index is 13.7. The molecule has 0 aromatic heterocycles. The Bertz CT molecular complexity index is 598. The summed E-state index contributed by atoms with van der Waals surface area (Å²) in [4.78, 5) is 23.8. The van der Waals surface area contributed by atoms with Gasteiger partial charge in [-0.3, -0.25) is 4.79 Å². The lowest BCUT2D eigenvalue weighted by Crippen LogP contribution is -2.55. The molecule has 2 rings (SSSR count). The number of benzene rings is 1.